The van der Waals surface area contributed by atoms with Crippen LogP contribution in [0.25, 0.3) is 116 Å². The summed E-state index contributed by atoms with van der Waals surface area (Å²) in [6.45, 7) is 5.78. The molecule has 0 fully saturated rings. The highest BCUT2D eigenvalue weighted by molar-refractivity contribution is 6.14. The number of fused-ring (bicyclic) bond motifs is 12. The van der Waals surface area contributed by atoms with E-state index < -0.39 is 23.7 Å². The molecule has 460 valence electrons. The van der Waals surface area contributed by atoms with E-state index in [1.165, 1.54) is 39.3 Å². The maximum Gasteiger partial charge on any atom is 0.344 e. The first kappa shape index (κ1) is 58.3. The van der Waals surface area contributed by atoms with Gasteiger partial charge in [-0.25, -0.2) is 8.78 Å². The topological polar surface area (TPSA) is 35.2 Å². The summed E-state index contributed by atoms with van der Waals surface area (Å²) in [5.41, 5.74) is 24.7. The van der Waals surface area contributed by atoms with E-state index in [2.05, 4.69) is 215 Å². The minimum absolute atomic E-state index is 0.00868. The molecule has 10 aromatic carbocycles. The first-order valence-corrected chi connectivity index (χ1v) is 32.3. The molecule has 2 aliphatic carbocycles. The third-order valence-corrected chi connectivity index (χ3v) is 19.6. The summed E-state index contributed by atoms with van der Waals surface area (Å²) < 4.78 is 77.7. The molecule has 4 heterocycles. The highest BCUT2D eigenvalue weighted by Gasteiger charge is 2.43. The summed E-state index contributed by atoms with van der Waals surface area (Å²) in [6, 6.07) is 74.8. The molecule has 10 heteroatoms. The van der Waals surface area contributed by atoms with Gasteiger partial charge in [-0.15, -0.1) is 0 Å². The Morgan fingerprint density at radius 2 is 1.07 bits per heavy atom. The zero-order chi connectivity index (χ0) is 63.9. The zero-order valence-corrected chi connectivity index (χ0v) is 52.1. The molecule has 0 bridgehead atoms. The van der Waals surface area contributed by atoms with Gasteiger partial charge in [0, 0.05) is 74.1 Å². The predicted molar refractivity (Wildman–Crippen MR) is 374 cm³/mol. The van der Waals surface area contributed by atoms with Gasteiger partial charge in [-0.1, -0.05) is 154 Å². The van der Waals surface area contributed by atoms with Crippen LogP contribution < -0.4 is 9.64 Å². The van der Waals surface area contributed by atoms with E-state index in [1.54, 1.807) is 12.1 Å². The Hall–Kier alpha value is -10.8. The lowest BCUT2D eigenvalue weighted by Crippen LogP contribution is -2.27. The second-order valence-electron chi connectivity index (χ2n) is 25.1. The number of rotatable bonds is 15. The number of ether oxygens (including phenoxy) is 1. The van der Waals surface area contributed by atoms with E-state index in [0.717, 1.165) is 150 Å². The van der Waals surface area contributed by atoms with Crippen molar-refractivity contribution in [3.8, 4) is 72.8 Å². The van der Waals surface area contributed by atoms with Crippen molar-refractivity contribution in [3.05, 3.63) is 295 Å². The second kappa shape index (κ2) is 23.4. The monoisotopic (exact) mass is 1240 g/mol. The quantitative estimate of drug-likeness (QED) is 0.0758. The van der Waals surface area contributed by atoms with Crippen molar-refractivity contribution in [1.82, 2.24) is 14.1 Å². The molecule has 0 N–H and O–H groups in total. The first-order valence-electron chi connectivity index (χ1n) is 32.3. The van der Waals surface area contributed by atoms with Gasteiger partial charge in [0.1, 0.15) is 17.4 Å². The lowest BCUT2D eigenvalue weighted by molar-refractivity contribution is 0.241. The summed E-state index contributed by atoms with van der Waals surface area (Å²) in [6.07, 6.45) is 12.5. The van der Waals surface area contributed by atoms with Crippen LogP contribution in [0.4, 0.5) is 33.3 Å². The fourth-order valence-corrected chi connectivity index (χ4v) is 15.6. The average Bonchev–Trinajstić information content (AvgIpc) is 1.54. The Morgan fingerprint density at radius 3 is 1.81 bits per heavy atom. The van der Waals surface area contributed by atoms with Crippen LogP contribution in [0.15, 0.2) is 273 Å². The molecule has 0 spiro atoms. The van der Waals surface area contributed by atoms with Gasteiger partial charge in [0.15, 0.2) is 0 Å². The number of halogens is 5. The first-order chi connectivity index (χ1) is 45.9. The van der Waals surface area contributed by atoms with Crippen LogP contribution in [-0.4, -0.2) is 20.2 Å². The van der Waals surface area contributed by atoms with Gasteiger partial charge < -0.3 is 18.8 Å². The minimum Gasteiger partial charge on any atom is -0.428 e. The molecule has 3 aliphatic rings. The largest absolute Gasteiger partial charge is 0.428 e. The SMILES string of the molecule is CCCC1(CCC)c2cc(-c3cccc(N4c5ccc(-c6cccc(OC(F)=C(F)F)c6)cc5C5=CC=CCC54)c3)ccc2-c2cc3c4cc(-c5cccc(-n6c7ccccc7c7cc(-c8cccc(C/C(F)=C(/C)F)c8)ccc76)c5)ccc4n(-c4ccncc4)c3cc21. The summed E-state index contributed by atoms with van der Waals surface area (Å²) in [7, 11) is 0. The van der Waals surface area contributed by atoms with Gasteiger partial charge in [-0.3, -0.25) is 4.98 Å². The van der Waals surface area contributed by atoms with Crippen LogP contribution >= 0.6 is 0 Å². The fourth-order valence-electron chi connectivity index (χ4n) is 15.6. The molecule has 5 nitrogen and oxygen atoms in total. The zero-order valence-electron chi connectivity index (χ0n) is 52.1. The number of para-hydroxylation sites is 1. The second-order valence-corrected chi connectivity index (χ2v) is 25.1. The van der Waals surface area contributed by atoms with E-state index >= 15 is 0 Å². The Bertz CT molecular complexity index is 5360. The predicted octanol–water partition coefficient (Wildman–Crippen LogP) is 23.8. The molecule has 1 unspecified atom stereocenters. The number of aromatic nitrogens is 3. The molecule has 0 saturated heterocycles. The van der Waals surface area contributed by atoms with Crippen molar-refractivity contribution in [2.24, 2.45) is 0 Å². The Balaban J connectivity index is 0.780. The molecule has 16 rings (SSSR count). The van der Waals surface area contributed by atoms with Gasteiger partial charge in [-0.05, 0) is 213 Å². The van der Waals surface area contributed by atoms with Crippen LogP contribution in [0.3, 0.4) is 0 Å². The summed E-state index contributed by atoms with van der Waals surface area (Å²) in [5, 5.41) is 4.57. The molecule has 1 aliphatic heterocycles. The van der Waals surface area contributed by atoms with Crippen molar-refractivity contribution < 1.29 is 26.7 Å². The van der Waals surface area contributed by atoms with Gasteiger partial charge in [0.25, 0.3) is 0 Å². The van der Waals surface area contributed by atoms with Crippen molar-refractivity contribution in [3.63, 3.8) is 0 Å². The molecule has 3 aromatic heterocycles. The smallest absolute Gasteiger partial charge is 0.344 e. The number of hydrogen-bond donors (Lipinski definition) is 0. The number of nitrogens with zero attached hydrogens (tertiary/aromatic N) is 4. The Morgan fingerprint density at radius 1 is 0.489 bits per heavy atom. The third kappa shape index (κ3) is 9.76. The number of anilines is 2. The molecule has 94 heavy (non-hydrogen) atoms. The molecule has 0 radical (unpaired) electrons. The van der Waals surface area contributed by atoms with Crippen LogP contribution in [0.5, 0.6) is 5.75 Å². The molecule has 0 saturated carbocycles. The molecule has 13 aromatic rings. The molecule has 0 amide bonds. The van der Waals surface area contributed by atoms with Gasteiger partial charge in [0.05, 0.1) is 28.1 Å². The molecular weight excluding hydrogens is 1180 g/mol. The van der Waals surface area contributed by atoms with Crippen LogP contribution in [0, 0.1) is 0 Å². The van der Waals surface area contributed by atoms with Gasteiger partial charge in [0.2, 0.25) is 0 Å². The summed E-state index contributed by atoms with van der Waals surface area (Å²) >= 11 is 0. The Labute approximate surface area is 542 Å². The number of benzene rings is 10. The van der Waals surface area contributed by atoms with Gasteiger partial charge >= 0.3 is 12.1 Å². The third-order valence-electron chi connectivity index (χ3n) is 19.6. The van der Waals surface area contributed by atoms with Crippen molar-refractivity contribution >= 4 is 60.6 Å². The van der Waals surface area contributed by atoms with Crippen molar-refractivity contribution in [1.29, 1.82) is 0 Å². The highest BCUT2D eigenvalue weighted by Crippen LogP contribution is 2.57. The maximum atomic E-state index is 14.5. The van der Waals surface area contributed by atoms with E-state index in [9.17, 15) is 22.0 Å². The Kier molecular flexibility index (Phi) is 14.5. The number of allylic oxidation sites excluding steroid dienone is 4. The van der Waals surface area contributed by atoms with Crippen molar-refractivity contribution in [2.45, 2.75) is 70.8 Å². The normalized spacial score (nSPS) is 14.7. The summed E-state index contributed by atoms with van der Waals surface area (Å²) in [4.78, 5) is 6.90. The minimum atomic E-state index is -2.50. The standard InChI is InChI=1S/C84H63F5N4O/c1-4-36-84(37-5-2)73-48-60(55-17-12-20-63(43-55)93-77-25-9-7-23-67(77)70-46-59(29-32-79(70)93)56-18-13-21-64(44-56)94-83(89)82(87)88)26-30-65(73)68-49-72-71-47-58(28-33-80(71)91(81(72)50-74(68)84)61-34-38-90-39-35-61)54-16-11-19-62(42-54)92-76-24-8-6-22-66(76)69-45-57(27-31-78(69)92)53-15-10-14-52(40-53)41-75(86)51(3)85/h6-24,26-35,38-40,42-50,77H,4-5,25,36-37,41H2,1-3H3/b75-51+. The van der Waals surface area contributed by atoms with Crippen LogP contribution in [0.1, 0.15) is 75.1 Å². The van der Waals surface area contributed by atoms with E-state index in [4.69, 9.17) is 4.74 Å². The number of hydrogen-bond acceptors (Lipinski definition) is 3. The van der Waals surface area contributed by atoms with Gasteiger partial charge in [-0.2, -0.15) is 13.2 Å². The average molecular weight is 1240 g/mol. The maximum absolute atomic E-state index is 14.5. The lowest BCUT2D eigenvalue weighted by atomic mass is 9.71. The van der Waals surface area contributed by atoms with Crippen LogP contribution in [-0.2, 0) is 11.8 Å². The molecular formula is C84H63F5N4O. The highest BCUT2D eigenvalue weighted by atomic mass is 19.3. The molecule has 1 atom stereocenters. The van der Waals surface area contributed by atoms with Crippen LogP contribution in [0.2, 0.25) is 0 Å². The van der Waals surface area contributed by atoms with E-state index in [0.29, 0.717) is 5.56 Å². The lowest BCUT2D eigenvalue weighted by Gasteiger charge is -2.32. The number of pyridine rings is 1. The van der Waals surface area contributed by atoms with Crippen molar-refractivity contribution in [2.75, 3.05) is 4.90 Å². The van der Waals surface area contributed by atoms with E-state index in [-0.39, 0.29) is 23.6 Å². The van der Waals surface area contributed by atoms with E-state index in [1.807, 2.05) is 48.8 Å². The fraction of sp³-hybridized carbons (Fsp3) is 0.131. The summed E-state index contributed by atoms with van der Waals surface area (Å²) in [5.74, 6) is -1.56.